The van der Waals surface area contributed by atoms with Crippen molar-refractivity contribution in [1.82, 2.24) is 9.78 Å². The number of rotatable bonds is 2. The molecule has 10 heteroatoms. The van der Waals surface area contributed by atoms with Crippen molar-refractivity contribution in [1.29, 1.82) is 0 Å². The van der Waals surface area contributed by atoms with Crippen molar-refractivity contribution < 1.29 is 0 Å². The zero-order valence-corrected chi connectivity index (χ0v) is 24.5. The standard InChI is InChI=1S/C26H18Cl8N2/c27-12-3-1-11(2-4-12)20-17-15-9-10-16(21(17)36(35-20)14-7-5-13(28)6-8-14)19-18(15)24(31)22(29)23(30)25(19,32)26(24,33)34/h1-8,15-16,18-19,22-23H,9-10H2/t15-,16-,18?,19?,22?,23?,24+,25-/m1/s1. The van der Waals surface area contributed by atoms with Gasteiger partial charge in [-0.25, -0.2) is 4.68 Å². The third kappa shape index (κ3) is 2.79. The molecule has 3 fully saturated rings. The van der Waals surface area contributed by atoms with Crippen molar-refractivity contribution in [3.05, 3.63) is 69.8 Å². The van der Waals surface area contributed by atoms with Crippen LogP contribution in [0, 0.1) is 11.8 Å². The quantitative estimate of drug-likeness (QED) is 0.255. The Morgan fingerprint density at radius 1 is 0.722 bits per heavy atom. The minimum absolute atomic E-state index is 0.000329. The van der Waals surface area contributed by atoms with E-state index in [-0.39, 0.29) is 23.7 Å². The van der Waals surface area contributed by atoms with Gasteiger partial charge in [-0.05, 0) is 67.0 Å². The molecule has 5 aliphatic rings. The summed E-state index contributed by atoms with van der Waals surface area (Å²) in [6, 6.07) is 15.4. The minimum Gasteiger partial charge on any atom is -0.237 e. The topological polar surface area (TPSA) is 17.8 Å². The highest BCUT2D eigenvalue weighted by molar-refractivity contribution is 6.62. The first-order chi connectivity index (χ1) is 17.0. The average molecular weight is 642 g/mol. The Labute approximate surface area is 249 Å². The number of halogens is 8. The lowest BCUT2D eigenvalue weighted by Crippen LogP contribution is -2.57. The maximum Gasteiger partial charge on any atom is 0.159 e. The van der Waals surface area contributed by atoms with Gasteiger partial charge in [0.2, 0.25) is 0 Å². The summed E-state index contributed by atoms with van der Waals surface area (Å²) in [6.45, 7) is 0. The molecule has 2 nitrogen and oxygen atoms in total. The van der Waals surface area contributed by atoms with E-state index in [0.29, 0.717) is 10.0 Å². The van der Waals surface area contributed by atoms with Crippen molar-refractivity contribution in [2.24, 2.45) is 11.8 Å². The van der Waals surface area contributed by atoms with Gasteiger partial charge in [-0.3, -0.25) is 0 Å². The molecule has 0 aliphatic heterocycles. The number of fused-ring (bicyclic) bond motifs is 3. The average Bonchev–Trinajstić information content (AvgIpc) is 3.37. The van der Waals surface area contributed by atoms with Crippen LogP contribution in [-0.4, -0.2) is 34.6 Å². The molecule has 0 amide bonds. The summed E-state index contributed by atoms with van der Waals surface area (Å²) >= 11 is 55.1. The van der Waals surface area contributed by atoms with Gasteiger partial charge in [-0.15, -0.1) is 46.4 Å². The Balaban J connectivity index is 1.51. The van der Waals surface area contributed by atoms with Gasteiger partial charge in [0.05, 0.1) is 27.8 Å². The molecule has 3 saturated carbocycles. The van der Waals surface area contributed by atoms with Crippen LogP contribution in [-0.2, 0) is 0 Å². The summed E-state index contributed by atoms with van der Waals surface area (Å²) in [6.07, 6.45) is 1.81. The maximum absolute atomic E-state index is 7.39. The second-order valence-electron chi connectivity index (χ2n) is 10.3. The van der Waals surface area contributed by atoms with E-state index < -0.39 is 24.8 Å². The lowest BCUT2D eigenvalue weighted by Gasteiger charge is -2.55. The molecule has 5 aliphatic carbocycles. The molecular formula is C26H18Cl8N2. The molecule has 3 aromatic rings. The normalized spacial score (nSPS) is 39.3. The fourth-order valence-corrected chi connectivity index (χ4v) is 11.4. The van der Waals surface area contributed by atoms with Crippen LogP contribution in [0.15, 0.2) is 48.5 Å². The van der Waals surface area contributed by atoms with Crippen LogP contribution in [0.5, 0.6) is 0 Å². The zero-order valence-electron chi connectivity index (χ0n) is 18.4. The number of alkyl halides is 6. The Morgan fingerprint density at radius 3 is 1.81 bits per heavy atom. The fourth-order valence-electron chi connectivity index (χ4n) is 7.58. The van der Waals surface area contributed by atoms with E-state index in [1.165, 1.54) is 0 Å². The van der Waals surface area contributed by atoms with Gasteiger partial charge in [0.25, 0.3) is 0 Å². The number of hydrogen-bond donors (Lipinski definition) is 0. The second-order valence-corrected chi connectivity index (χ2v) is 14.7. The number of nitrogens with zero attached hydrogens (tertiary/aromatic N) is 2. The predicted molar refractivity (Wildman–Crippen MR) is 152 cm³/mol. The van der Waals surface area contributed by atoms with Crippen molar-refractivity contribution in [3.8, 4) is 16.9 Å². The Bertz CT molecular complexity index is 1280. The van der Waals surface area contributed by atoms with Gasteiger partial charge in [0.15, 0.2) is 4.33 Å². The summed E-state index contributed by atoms with van der Waals surface area (Å²) < 4.78 is 0.516. The highest BCUT2D eigenvalue weighted by atomic mass is 35.5. The van der Waals surface area contributed by atoms with Crippen LogP contribution in [0.4, 0.5) is 0 Å². The van der Waals surface area contributed by atoms with Crippen LogP contribution < -0.4 is 0 Å². The zero-order chi connectivity index (χ0) is 25.4. The fraction of sp³-hybridized carbons (Fsp3) is 0.423. The van der Waals surface area contributed by atoms with E-state index in [9.17, 15) is 0 Å². The van der Waals surface area contributed by atoms with Crippen LogP contribution in [0.1, 0.15) is 35.9 Å². The highest BCUT2D eigenvalue weighted by Crippen LogP contribution is 2.82. The van der Waals surface area contributed by atoms with Crippen molar-refractivity contribution in [2.45, 2.75) is 49.5 Å². The van der Waals surface area contributed by atoms with E-state index in [0.717, 1.165) is 41.0 Å². The smallest absolute Gasteiger partial charge is 0.159 e. The molecule has 0 N–H and O–H groups in total. The first kappa shape index (κ1) is 25.0. The third-order valence-corrected chi connectivity index (χ3v) is 14.1. The molecule has 0 spiro atoms. The van der Waals surface area contributed by atoms with Crippen molar-refractivity contribution >= 4 is 92.8 Å². The molecule has 0 saturated heterocycles. The van der Waals surface area contributed by atoms with Crippen LogP contribution in [0.25, 0.3) is 16.9 Å². The summed E-state index contributed by atoms with van der Waals surface area (Å²) in [5.74, 6) is -0.289. The Hall–Kier alpha value is -0.0300. The summed E-state index contributed by atoms with van der Waals surface area (Å²) in [4.78, 5) is -2.37. The summed E-state index contributed by atoms with van der Waals surface area (Å²) in [5, 5.41) is 5.12. The van der Waals surface area contributed by atoms with Gasteiger partial charge in [-0.2, -0.15) is 5.10 Å². The first-order valence-corrected chi connectivity index (χ1v) is 14.9. The predicted octanol–water partition coefficient (Wildman–Crippen LogP) is 9.42. The van der Waals surface area contributed by atoms with E-state index in [2.05, 4.69) is 0 Å². The molecule has 188 valence electrons. The van der Waals surface area contributed by atoms with Gasteiger partial charge >= 0.3 is 0 Å². The van der Waals surface area contributed by atoms with Crippen LogP contribution in [0.2, 0.25) is 10.0 Å². The van der Waals surface area contributed by atoms with Crippen LogP contribution in [0.3, 0.4) is 0 Å². The van der Waals surface area contributed by atoms with E-state index >= 15 is 0 Å². The largest absolute Gasteiger partial charge is 0.237 e. The molecule has 2 aromatic carbocycles. The van der Waals surface area contributed by atoms with E-state index in [4.69, 9.17) is 97.9 Å². The second kappa shape index (κ2) is 8.01. The molecule has 4 unspecified atom stereocenters. The molecule has 8 rings (SSSR count). The molecule has 4 bridgehead atoms. The van der Waals surface area contributed by atoms with Crippen molar-refractivity contribution in [3.63, 3.8) is 0 Å². The molecule has 0 radical (unpaired) electrons. The molecule has 8 atom stereocenters. The lowest BCUT2D eigenvalue weighted by atomic mass is 9.53. The van der Waals surface area contributed by atoms with Crippen LogP contribution >= 0.6 is 92.8 Å². The number of hydrogen-bond acceptors (Lipinski definition) is 1. The monoisotopic (exact) mass is 638 g/mol. The minimum atomic E-state index is -1.50. The van der Waals surface area contributed by atoms with Crippen molar-refractivity contribution in [2.75, 3.05) is 0 Å². The number of aromatic nitrogens is 2. The maximum atomic E-state index is 7.39. The molecule has 1 heterocycles. The molecule has 1 aromatic heterocycles. The summed E-state index contributed by atoms with van der Waals surface area (Å²) in [7, 11) is 0. The molecule has 36 heavy (non-hydrogen) atoms. The van der Waals surface area contributed by atoms with E-state index in [1.807, 2.05) is 53.2 Å². The summed E-state index contributed by atoms with van der Waals surface area (Å²) in [5.41, 5.74) is 5.02. The SMILES string of the molecule is Clc1ccc(-c2nn(-c3ccc(Cl)cc3)c3c2[C@H]2CC[C@@H]3C3C2[C@]2(Cl)C(Cl)C(Cl)[C@@]3(Cl)C2(Cl)Cl)cc1. The Kier molecular flexibility index (Phi) is 5.56. The Morgan fingerprint density at radius 2 is 1.22 bits per heavy atom. The van der Waals surface area contributed by atoms with Gasteiger partial charge < -0.3 is 0 Å². The van der Waals surface area contributed by atoms with E-state index in [1.54, 1.807) is 0 Å². The lowest BCUT2D eigenvalue weighted by molar-refractivity contribution is 0.109. The van der Waals surface area contributed by atoms with Gasteiger partial charge in [0, 0.05) is 27.1 Å². The first-order valence-electron chi connectivity index (χ1n) is 11.7. The molecular weight excluding hydrogens is 624 g/mol. The highest BCUT2D eigenvalue weighted by Gasteiger charge is 2.88. The number of benzene rings is 2. The van der Waals surface area contributed by atoms with Gasteiger partial charge in [0.1, 0.15) is 9.75 Å². The van der Waals surface area contributed by atoms with Gasteiger partial charge in [-0.1, -0.05) is 58.5 Å². The third-order valence-electron chi connectivity index (χ3n) is 8.90.